The van der Waals surface area contributed by atoms with Crippen LogP contribution in [0.3, 0.4) is 0 Å². The summed E-state index contributed by atoms with van der Waals surface area (Å²) in [5.74, 6) is -1.27. The first-order valence-corrected chi connectivity index (χ1v) is 10.5. The number of carbonyl (C=O) groups excluding carboxylic acids is 2. The molecule has 0 radical (unpaired) electrons. The predicted octanol–water partition coefficient (Wildman–Crippen LogP) is 1.89. The number of aryl methyl sites for hydroxylation is 1. The molecule has 2 N–H and O–H groups in total. The van der Waals surface area contributed by atoms with E-state index in [1.807, 2.05) is 0 Å². The third-order valence-electron chi connectivity index (χ3n) is 4.17. The first kappa shape index (κ1) is 23.5. The summed E-state index contributed by atoms with van der Waals surface area (Å²) in [4.78, 5) is 25.9. The van der Waals surface area contributed by atoms with E-state index in [2.05, 4.69) is 10.6 Å². The van der Waals surface area contributed by atoms with E-state index in [0.717, 1.165) is 4.31 Å². The van der Waals surface area contributed by atoms with Crippen molar-refractivity contribution in [2.75, 3.05) is 44.9 Å². The maximum absolute atomic E-state index is 13.2. The minimum atomic E-state index is -3.65. The number of amides is 2. The summed E-state index contributed by atoms with van der Waals surface area (Å²) in [6.45, 7) is 1.49. The van der Waals surface area contributed by atoms with E-state index in [1.165, 1.54) is 43.3 Å². The molecule has 2 rings (SSSR count). The van der Waals surface area contributed by atoms with Crippen molar-refractivity contribution >= 4 is 33.2 Å². The van der Waals surface area contributed by atoms with Crippen molar-refractivity contribution in [2.45, 2.75) is 11.8 Å². The van der Waals surface area contributed by atoms with Crippen molar-refractivity contribution in [3.63, 3.8) is 0 Å². The first-order chi connectivity index (χ1) is 14.0. The summed E-state index contributed by atoms with van der Waals surface area (Å²) >= 11 is 0. The molecule has 0 aromatic heterocycles. The number of nitrogens with one attached hydrogen (secondary N) is 2. The van der Waals surface area contributed by atoms with Crippen LogP contribution in [0, 0.1) is 12.7 Å². The Morgan fingerprint density at radius 3 is 2.03 bits per heavy atom. The van der Waals surface area contributed by atoms with Gasteiger partial charge in [-0.3, -0.25) is 14.5 Å². The van der Waals surface area contributed by atoms with Crippen molar-refractivity contribution in [1.29, 1.82) is 0 Å². The summed E-state index contributed by atoms with van der Waals surface area (Å²) in [5, 5.41) is 5.19. The van der Waals surface area contributed by atoms with E-state index in [9.17, 15) is 22.4 Å². The van der Waals surface area contributed by atoms with Crippen LogP contribution in [-0.4, -0.2) is 63.7 Å². The Morgan fingerprint density at radius 1 is 0.933 bits per heavy atom. The minimum Gasteiger partial charge on any atom is -0.325 e. The molecule has 2 amide bonds. The Hall–Kier alpha value is -2.82. The van der Waals surface area contributed by atoms with E-state index in [4.69, 9.17) is 0 Å². The van der Waals surface area contributed by atoms with E-state index < -0.39 is 27.7 Å². The van der Waals surface area contributed by atoms with Gasteiger partial charge in [0.2, 0.25) is 21.8 Å². The zero-order chi connectivity index (χ0) is 22.5. The van der Waals surface area contributed by atoms with Crippen LogP contribution in [0.25, 0.3) is 0 Å². The quantitative estimate of drug-likeness (QED) is 0.659. The van der Waals surface area contributed by atoms with Gasteiger partial charge in [-0.2, -0.15) is 0 Å². The lowest BCUT2D eigenvalue weighted by Gasteiger charge is -2.17. The summed E-state index contributed by atoms with van der Waals surface area (Å²) in [6, 6.07) is 10.1. The number of nitrogens with zero attached hydrogens (tertiary/aromatic N) is 2. The second-order valence-electron chi connectivity index (χ2n) is 7.05. The molecule has 0 fully saturated rings. The zero-order valence-electron chi connectivity index (χ0n) is 17.3. The SMILES string of the molecule is Cc1ccc(NC(=O)CN(C)CC(=O)Nc2cccc(F)c2)cc1S(=O)(=O)N(C)C. The Bertz CT molecular complexity index is 1040. The molecule has 0 saturated carbocycles. The molecule has 2 aromatic carbocycles. The van der Waals surface area contributed by atoms with Crippen LogP contribution in [0.2, 0.25) is 0 Å². The second-order valence-corrected chi connectivity index (χ2v) is 9.17. The monoisotopic (exact) mass is 436 g/mol. The number of hydrogen-bond donors (Lipinski definition) is 2. The average molecular weight is 437 g/mol. The number of rotatable bonds is 8. The molecule has 0 saturated heterocycles. The van der Waals surface area contributed by atoms with Crippen LogP contribution in [-0.2, 0) is 19.6 Å². The zero-order valence-corrected chi connectivity index (χ0v) is 18.1. The lowest BCUT2D eigenvalue weighted by Crippen LogP contribution is -2.36. The van der Waals surface area contributed by atoms with Crippen molar-refractivity contribution in [2.24, 2.45) is 0 Å². The topological polar surface area (TPSA) is 98.8 Å². The highest BCUT2D eigenvalue weighted by atomic mass is 32.2. The highest BCUT2D eigenvalue weighted by Gasteiger charge is 2.20. The molecule has 8 nitrogen and oxygen atoms in total. The Labute approximate surface area is 175 Å². The van der Waals surface area contributed by atoms with Gasteiger partial charge in [0.05, 0.1) is 18.0 Å². The maximum Gasteiger partial charge on any atom is 0.242 e. The number of carbonyl (C=O) groups is 2. The van der Waals surface area contributed by atoms with Crippen LogP contribution < -0.4 is 10.6 Å². The Morgan fingerprint density at radius 2 is 1.50 bits per heavy atom. The van der Waals surface area contributed by atoms with E-state index in [0.29, 0.717) is 16.9 Å². The largest absolute Gasteiger partial charge is 0.325 e. The maximum atomic E-state index is 13.2. The Balaban J connectivity index is 1.96. The molecule has 10 heteroatoms. The third kappa shape index (κ3) is 6.34. The number of halogens is 1. The van der Waals surface area contributed by atoms with Crippen molar-refractivity contribution in [3.05, 3.63) is 53.8 Å². The number of likely N-dealkylation sites (N-methyl/N-ethyl adjacent to an activating group) is 1. The van der Waals surface area contributed by atoms with Gasteiger partial charge in [-0.1, -0.05) is 12.1 Å². The summed E-state index contributed by atoms with van der Waals surface area (Å²) in [7, 11) is 0.808. The van der Waals surface area contributed by atoms with Crippen molar-refractivity contribution < 1.29 is 22.4 Å². The molecule has 0 aliphatic rings. The minimum absolute atomic E-state index is 0.0852. The second kappa shape index (κ2) is 9.79. The number of hydrogen-bond acceptors (Lipinski definition) is 5. The summed E-state index contributed by atoms with van der Waals surface area (Å²) in [5.41, 5.74) is 1.23. The third-order valence-corrected chi connectivity index (χ3v) is 6.12. The van der Waals surface area contributed by atoms with E-state index >= 15 is 0 Å². The molecule has 0 unspecified atom stereocenters. The Kier molecular flexibility index (Phi) is 7.65. The van der Waals surface area contributed by atoms with Crippen LogP contribution in [0.15, 0.2) is 47.4 Å². The number of benzene rings is 2. The molecule has 0 bridgehead atoms. The van der Waals surface area contributed by atoms with Crippen LogP contribution in [0.5, 0.6) is 0 Å². The van der Waals surface area contributed by atoms with Crippen LogP contribution in [0.1, 0.15) is 5.56 Å². The van der Waals surface area contributed by atoms with Gasteiger partial charge in [0.1, 0.15) is 5.82 Å². The predicted molar refractivity (Wildman–Crippen MR) is 113 cm³/mol. The van der Waals surface area contributed by atoms with Crippen LogP contribution >= 0.6 is 0 Å². The van der Waals surface area contributed by atoms with Crippen molar-refractivity contribution in [3.8, 4) is 0 Å². The molecule has 0 aliphatic heterocycles. The fourth-order valence-electron chi connectivity index (χ4n) is 2.67. The van der Waals surface area contributed by atoms with Crippen LogP contribution in [0.4, 0.5) is 15.8 Å². The molecular formula is C20H25FN4O4S. The summed E-state index contributed by atoms with van der Waals surface area (Å²) in [6.07, 6.45) is 0. The molecule has 0 spiro atoms. The smallest absolute Gasteiger partial charge is 0.242 e. The summed E-state index contributed by atoms with van der Waals surface area (Å²) < 4.78 is 39.1. The highest BCUT2D eigenvalue weighted by molar-refractivity contribution is 7.89. The van der Waals surface area contributed by atoms with Gasteiger partial charge in [0.25, 0.3) is 0 Å². The van der Waals surface area contributed by atoms with Gasteiger partial charge in [-0.25, -0.2) is 17.1 Å². The van der Waals surface area contributed by atoms with Gasteiger partial charge in [-0.15, -0.1) is 0 Å². The lowest BCUT2D eigenvalue weighted by atomic mass is 10.2. The fraction of sp³-hybridized carbons (Fsp3) is 0.300. The molecule has 0 atom stereocenters. The number of anilines is 2. The standard InChI is InChI=1S/C20H25FN4O4S/c1-14-8-9-17(11-18(14)30(28,29)24(2)3)23-20(27)13-25(4)12-19(26)22-16-7-5-6-15(21)10-16/h5-11H,12-13H2,1-4H3,(H,22,26)(H,23,27). The normalized spacial score (nSPS) is 11.6. The number of sulfonamides is 1. The van der Waals surface area contributed by atoms with Gasteiger partial charge < -0.3 is 10.6 Å². The van der Waals surface area contributed by atoms with E-state index in [1.54, 1.807) is 32.2 Å². The van der Waals surface area contributed by atoms with E-state index in [-0.39, 0.29) is 18.0 Å². The molecule has 0 heterocycles. The van der Waals surface area contributed by atoms with Gasteiger partial charge in [0, 0.05) is 25.5 Å². The molecule has 2 aromatic rings. The first-order valence-electron chi connectivity index (χ1n) is 9.06. The lowest BCUT2D eigenvalue weighted by molar-refractivity contribution is -0.119. The van der Waals surface area contributed by atoms with Gasteiger partial charge >= 0.3 is 0 Å². The molecule has 162 valence electrons. The molecular weight excluding hydrogens is 411 g/mol. The van der Waals surface area contributed by atoms with Gasteiger partial charge in [0.15, 0.2) is 0 Å². The molecule has 0 aliphatic carbocycles. The average Bonchev–Trinajstić information content (AvgIpc) is 2.62. The highest BCUT2D eigenvalue weighted by Crippen LogP contribution is 2.22. The van der Waals surface area contributed by atoms with Crippen molar-refractivity contribution in [1.82, 2.24) is 9.21 Å². The fourth-order valence-corrected chi connectivity index (χ4v) is 3.81. The van der Waals surface area contributed by atoms with Gasteiger partial charge in [-0.05, 0) is 49.9 Å². The molecule has 30 heavy (non-hydrogen) atoms.